The molecule has 3 rings (SSSR count). The molecule has 0 atom stereocenters. The van der Waals surface area contributed by atoms with Crippen molar-refractivity contribution in [3.8, 4) is 0 Å². The van der Waals surface area contributed by atoms with Crippen LogP contribution in [-0.4, -0.2) is 12.5 Å². The molecular weight excluding hydrogens is 280 g/mol. The maximum atomic E-state index is 12.3. The number of hydrogen-bond acceptors (Lipinski definition) is 3. The molecule has 1 aliphatic rings. The molecule has 0 radical (unpaired) electrons. The third kappa shape index (κ3) is 3.34. The number of aryl methyl sites for hydroxylation is 1. The minimum atomic E-state index is 0.00909. The lowest BCUT2D eigenvalue weighted by molar-refractivity contribution is 0.0951. The van der Waals surface area contributed by atoms with Crippen LogP contribution in [0, 0.1) is 0 Å². The van der Waals surface area contributed by atoms with Gasteiger partial charge in [0, 0.05) is 21.9 Å². The standard InChI is InChI=1S/C17H20N2OS/c1-2-15-5-6-16(21-15)11-19-17(20)13-4-3-12-7-8-18-10-14(12)9-13/h3-6,9,18H,2,7-8,10-11H2,1H3,(H,19,20). The second kappa shape index (κ2) is 6.41. The van der Waals surface area contributed by atoms with E-state index in [2.05, 4.69) is 35.8 Å². The molecule has 1 aromatic heterocycles. The van der Waals surface area contributed by atoms with E-state index in [1.165, 1.54) is 20.9 Å². The number of carbonyl (C=O) groups excluding carboxylic acids is 1. The summed E-state index contributed by atoms with van der Waals surface area (Å²) in [4.78, 5) is 14.8. The zero-order valence-corrected chi connectivity index (χ0v) is 13.1. The third-order valence-electron chi connectivity index (χ3n) is 3.84. The number of rotatable bonds is 4. The van der Waals surface area contributed by atoms with Gasteiger partial charge in [0.25, 0.3) is 5.91 Å². The number of carbonyl (C=O) groups is 1. The van der Waals surface area contributed by atoms with Crippen molar-refractivity contribution in [2.24, 2.45) is 0 Å². The van der Waals surface area contributed by atoms with Gasteiger partial charge in [0.1, 0.15) is 0 Å². The number of hydrogen-bond donors (Lipinski definition) is 2. The zero-order chi connectivity index (χ0) is 14.7. The van der Waals surface area contributed by atoms with Gasteiger partial charge in [0.05, 0.1) is 6.54 Å². The Hall–Kier alpha value is -1.65. The average molecular weight is 300 g/mol. The molecule has 0 saturated heterocycles. The molecular formula is C17H20N2OS. The first-order chi connectivity index (χ1) is 10.3. The Kier molecular flexibility index (Phi) is 4.36. The first-order valence-electron chi connectivity index (χ1n) is 7.44. The third-order valence-corrected chi connectivity index (χ3v) is 5.07. The highest BCUT2D eigenvalue weighted by Gasteiger charge is 2.12. The summed E-state index contributed by atoms with van der Waals surface area (Å²) in [7, 11) is 0. The molecule has 2 N–H and O–H groups in total. The predicted molar refractivity (Wildman–Crippen MR) is 86.7 cm³/mol. The summed E-state index contributed by atoms with van der Waals surface area (Å²) in [5.41, 5.74) is 3.36. The van der Waals surface area contributed by atoms with E-state index in [0.29, 0.717) is 6.54 Å². The summed E-state index contributed by atoms with van der Waals surface area (Å²) < 4.78 is 0. The molecule has 0 spiro atoms. The molecule has 4 heteroatoms. The lowest BCUT2D eigenvalue weighted by Gasteiger charge is -2.17. The van der Waals surface area contributed by atoms with Crippen LogP contribution in [-0.2, 0) is 25.9 Å². The van der Waals surface area contributed by atoms with Crippen molar-refractivity contribution in [2.75, 3.05) is 6.54 Å². The second-order valence-corrected chi connectivity index (χ2v) is 6.57. The van der Waals surface area contributed by atoms with Crippen molar-refractivity contribution in [1.82, 2.24) is 10.6 Å². The summed E-state index contributed by atoms with van der Waals surface area (Å²) in [6, 6.07) is 10.3. The molecule has 21 heavy (non-hydrogen) atoms. The fraction of sp³-hybridized carbons (Fsp3) is 0.353. The molecule has 3 nitrogen and oxygen atoms in total. The molecule has 1 aromatic carbocycles. The van der Waals surface area contributed by atoms with Crippen LogP contribution in [0.4, 0.5) is 0 Å². The maximum Gasteiger partial charge on any atom is 0.251 e. The van der Waals surface area contributed by atoms with Crippen LogP contribution in [0.5, 0.6) is 0 Å². The lowest BCUT2D eigenvalue weighted by Crippen LogP contribution is -2.26. The van der Waals surface area contributed by atoms with Gasteiger partial charge in [-0.3, -0.25) is 4.79 Å². The van der Waals surface area contributed by atoms with Gasteiger partial charge < -0.3 is 10.6 Å². The van der Waals surface area contributed by atoms with Crippen LogP contribution < -0.4 is 10.6 Å². The zero-order valence-electron chi connectivity index (χ0n) is 12.2. The van der Waals surface area contributed by atoms with Crippen molar-refractivity contribution in [3.05, 3.63) is 56.8 Å². The topological polar surface area (TPSA) is 41.1 Å². The molecule has 0 fully saturated rings. The average Bonchev–Trinajstić information content (AvgIpc) is 3.00. The van der Waals surface area contributed by atoms with E-state index in [4.69, 9.17) is 0 Å². The van der Waals surface area contributed by atoms with Crippen molar-refractivity contribution >= 4 is 17.2 Å². The van der Waals surface area contributed by atoms with E-state index < -0.39 is 0 Å². The van der Waals surface area contributed by atoms with Gasteiger partial charge in [-0.15, -0.1) is 11.3 Å². The minimum Gasteiger partial charge on any atom is -0.347 e. The van der Waals surface area contributed by atoms with Crippen molar-refractivity contribution in [3.63, 3.8) is 0 Å². The fourth-order valence-electron chi connectivity index (χ4n) is 2.60. The van der Waals surface area contributed by atoms with Crippen LogP contribution in [0.1, 0.15) is 38.2 Å². The van der Waals surface area contributed by atoms with E-state index in [1.54, 1.807) is 11.3 Å². The first kappa shape index (κ1) is 14.3. The molecule has 110 valence electrons. The quantitative estimate of drug-likeness (QED) is 0.911. The Morgan fingerprint density at radius 2 is 2.10 bits per heavy atom. The van der Waals surface area contributed by atoms with Crippen LogP contribution >= 0.6 is 11.3 Å². The second-order valence-electron chi connectivity index (χ2n) is 5.31. The maximum absolute atomic E-state index is 12.3. The van der Waals surface area contributed by atoms with Gasteiger partial charge in [0.2, 0.25) is 0 Å². The number of amides is 1. The van der Waals surface area contributed by atoms with E-state index in [-0.39, 0.29) is 5.91 Å². The fourth-order valence-corrected chi connectivity index (χ4v) is 3.50. The first-order valence-corrected chi connectivity index (χ1v) is 8.26. The molecule has 2 aromatic rings. The summed E-state index contributed by atoms with van der Waals surface area (Å²) in [5.74, 6) is 0.00909. The predicted octanol–water partition coefficient (Wildman–Crippen LogP) is 2.89. The number of fused-ring (bicyclic) bond motifs is 1. The monoisotopic (exact) mass is 300 g/mol. The Morgan fingerprint density at radius 1 is 1.24 bits per heavy atom. The highest BCUT2D eigenvalue weighted by atomic mass is 32.1. The van der Waals surface area contributed by atoms with Gasteiger partial charge in [-0.1, -0.05) is 13.0 Å². The number of benzene rings is 1. The smallest absolute Gasteiger partial charge is 0.251 e. The molecule has 0 bridgehead atoms. The molecule has 0 aliphatic carbocycles. The molecule has 2 heterocycles. The van der Waals surface area contributed by atoms with E-state index in [0.717, 1.165) is 31.5 Å². The summed E-state index contributed by atoms with van der Waals surface area (Å²) in [5, 5.41) is 6.35. The Labute approximate surface area is 129 Å². The van der Waals surface area contributed by atoms with Crippen LogP contribution in [0.15, 0.2) is 30.3 Å². The molecule has 0 unspecified atom stereocenters. The van der Waals surface area contributed by atoms with Gasteiger partial charge in [0.15, 0.2) is 0 Å². The highest BCUT2D eigenvalue weighted by molar-refractivity contribution is 7.11. The van der Waals surface area contributed by atoms with E-state index in [9.17, 15) is 4.79 Å². The van der Waals surface area contributed by atoms with Crippen molar-refractivity contribution in [2.45, 2.75) is 32.9 Å². The molecule has 1 amide bonds. The summed E-state index contributed by atoms with van der Waals surface area (Å²) in [6.07, 6.45) is 2.10. The van der Waals surface area contributed by atoms with Crippen LogP contribution in [0.3, 0.4) is 0 Å². The summed E-state index contributed by atoms with van der Waals surface area (Å²) in [6.45, 7) is 4.64. The van der Waals surface area contributed by atoms with Gasteiger partial charge >= 0.3 is 0 Å². The Balaban J connectivity index is 1.65. The van der Waals surface area contributed by atoms with E-state index >= 15 is 0 Å². The Morgan fingerprint density at radius 3 is 2.90 bits per heavy atom. The minimum absolute atomic E-state index is 0.00909. The Bertz CT molecular complexity index is 648. The van der Waals surface area contributed by atoms with Gasteiger partial charge in [-0.25, -0.2) is 0 Å². The summed E-state index contributed by atoms with van der Waals surface area (Å²) >= 11 is 1.77. The van der Waals surface area contributed by atoms with Gasteiger partial charge in [-0.2, -0.15) is 0 Å². The largest absolute Gasteiger partial charge is 0.347 e. The highest BCUT2D eigenvalue weighted by Crippen LogP contribution is 2.18. The van der Waals surface area contributed by atoms with Crippen LogP contribution in [0.25, 0.3) is 0 Å². The molecule has 1 aliphatic heterocycles. The SMILES string of the molecule is CCc1ccc(CNC(=O)c2ccc3c(c2)CNCC3)s1. The van der Waals surface area contributed by atoms with Gasteiger partial charge in [-0.05, 0) is 54.8 Å². The van der Waals surface area contributed by atoms with Crippen molar-refractivity contribution < 1.29 is 4.79 Å². The van der Waals surface area contributed by atoms with Crippen molar-refractivity contribution in [1.29, 1.82) is 0 Å². The number of nitrogens with one attached hydrogen (secondary N) is 2. The lowest BCUT2D eigenvalue weighted by atomic mass is 9.98. The van der Waals surface area contributed by atoms with Crippen LogP contribution in [0.2, 0.25) is 0 Å². The molecule has 0 saturated carbocycles. The normalized spacial score (nSPS) is 13.8. The van der Waals surface area contributed by atoms with E-state index in [1.807, 2.05) is 12.1 Å². The number of thiophene rings is 1.